The van der Waals surface area contributed by atoms with E-state index in [1.54, 1.807) is 0 Å². The highest BCUT2D eigenvalue weighted by Crippen LogP contribution is 2.27. The maximum absolute atomic E-state index is 13.0. The number of nitrogens with one attached hydrogen (secondary N) is 2. The summed E-state index contributed by atoms with van der Waals surface area (Å²) < 4.78 is 1.83. The number of hydrazine groups is 1. The van der Waals surface area contributed by atoms with Crippen molar-refractivity contribution in [2.24, 2.45) is 7.05 Å². The quantitative estimate of drug-likeness (QED) is 0.758. The van der Waals surface area contributed by atoms with Gasteiger partial charge in [0.25, 0.3) is 0 Å². The van der Waals surface area contributed by atoms with Crippen LogP contribution in [0.5, 0.6) is 0 Å². The predicted octanol–water partition coefficient (Wildman–Crippen LogP) is 2.36. The van der Waals surface area contributed by atoms with Crippen LogP contribution in [0.25, 0.3) is 11.0 Å². The van der Waals surface area contributed by atoms with Crippen molar-refractivity contribution in [3.05, 3.63) is 66.0 Å². The Bertz CT molecular complexity index is 988. The van der Waals surface area contributed by atoms with Gasteiger partial charge in [0.1, 0.15) is 5.82 Å². The Morgan fingerprint density at radius 1 is 1.19 bits per heavy atom. The summed E-state index contributed by atoms with van der Waals surface area (Å²) in [4.78, 5) is 17.5. The third-order valence-electron chi connectivity index (χ3n) is 4.94. The van der Waals surface area contributed by atoms with Gasteiger partial charge in [0.2, 0.25) is 0 Å². The van der Waals surface area contributed by atoms with E-state index >= 15 is 0 Å². The van der Waals surface area contributed by atoms with Gasteiger partial charge in [-0.25, -0.2) is 15.8 Å². The minimum atomic E-state index is -0.902. The summed E-state index contributed by atoms with van der Waals surface area (Å²) in [6, 6.07) is 19.4. The second-order valence-corrected chi connectivity index (χ2v) is 6.52. The maximum atomic E-state index is 13.0. The summed E-state index contributed by atoms with van der Waals surface area (Å²) in [5.74, 6) is -0.568. The number of nitriles is 1. The van der Waals surface area contributed by atoms with E-state index in [9.17, 15) is 10.1 Å². The summed E-state index contributed by atoms with van der Waals surface area (Å²) in [6.45, 7) is 0. The lowest BCUT2D eigenvalue weighted by molar-refractivity contribution is -0.121. The SMILES string of the molecule is Cn1c(C(C#N)C(=O)C2CC(c3ccccc3)NN2)nc2ccccc21. The molecule has 1 aliphatic rings. The number of carbonyl (C=O) groups is 1. The molecule has 2 aromatic carbocycles. The Morgan fingerprint density at radius 2 is 1.92 bits per heavy atom. The standard InChI is InChI=1S/C20H19N5O/c1-25-18-10-6-5-9-15(18)22-20(25)14(12-21)19(26)17-11-16(23-24-17)13-7-3-2-4-8-13/h2-10,14,16-17,23-24H,11H2,1H3. The van der Waals surface area contributed by atoms with Gasteiger partial charge in [-0.3, -0.25) is 4.79 Å². The minimum absolute atomic E-state index is 0.0462. The number of para-hydroxylation sites is 2. The van der Waals surface area contributed by atoms with Gasteiger partial charge >= 0.3 is 0 Å². The largest absolute Gasteiger partial charge is 0.330 e. The molecule has 0 radical (unpaired) electrons. The average molecular weight is 345 g/mol. The first-order chi connectivity index (χ1) is 12.7. The van der Waals surface area contributed by atoms with Crippen LogP contribution in [0, 0.1) is 11.3 Å². The third-order valence-corrected chi connectivity index (χ3v) is 4.94. The molecule has 3 unspecified atom stereocenters. The fourth-order valence-electron chi connectivity index (χ4n) is 3.52. The molecule has 0 aliphatic carbocycles. The maximum Gasteiger partial charge on any atom is 0.175 e. The average Bonchev–Trinajstić information content (AvgIpc) is 3.29. The number of aryl methyl sites for hydroxylation is 1. The van der Waals surface area contributed by atoms with Crippen LogP contribution in [0.2, 0.25) is 0 Å². The van der Waals surface area contributed by atoms with Crippen LogP contribution in [0.4, 0.5) is 0 Å². The molecule has 4 rings (SSSR count). The van der Waals surface area contributed by atoms with E-state index in [0.717, 1.165) is 16.6 Å². The Morgan fingerprint density at radius 3 is 2.65 bits per heavy atom. The molecule has 1 fully saturated rings. The number of benzene rings is 2. The molecule has 3 aromatic rings. The topological polar surface area (TPSA) is 82.7 Å². The van der Waals surface area contributed by atoms with E-state index in [1.165, 1.54) is 0 Å². The normalized spacial score (nSPS) is 20.8. The molecule has 1 aromatic heterocycles. The van der Waals surface area contributed by atoms with Crippen molar-refractivity contribution in [1.29, 1.82) is 5.26 Å². The van der Waals surface area contributed by atoms with E-state index < -0.39 is 12.0 Å². The number of nitrogens with zero attached hydrogens (tertiary/aromatic N) is 3. The number of fused-ring (bicyclic) bond motifs is 1. The van der Waals surface area contributed by atoms with Crippen molar-refractivity contribution in [2.45, 2.75) is 24.4 Å². The second-order valence-electron chi connectivity index (χ2n) is 6.52. The van der Waals surface area contributed by atoms with Gasteiger partial charge in [-0.2, -0.15) is 5.26 Å². The first kappa shape index (κ1) is 16.5. The van der Waals surface area contributed by atoms with Crippen LogP contribution in [-0.2, 0) is 11.8 Å². The molecule has 3 atom stereocenters. The lowest BCUT2D eigenvalue weighted by Crippen LogP contribution is -2.39. The number of hydrogen-bond acceptors (Lipinski definition) is 5. The zero-order chi connectivity index (χ0) is 18.1. The van der Waals surface area contributed by atoms with Crippen molar-refractivity contribution >= 4 is 16.8 Å². The van der Waals surface area contributed by atoms with Crippen molar-refractivity contribution in [3.8, 4) is 6.07 Å². The highest BCUT2D eigenvalue weighted by molar-refractivity contribution is 5.93. The third kappa shape index (κ3) is 2.77. The molecule has 0 spiro atoms. The fourth-order valence-corrected chi connectivity index (χ4v) is 3.52. The monoisotopic (exact) mass is 345 g/mol. The van der Waals surface area contributed by atoms with E-state index in [0.29, 0.717) is 12.2 Å². The van der Waals surface area contributed by atoms with Gasteiger partial charge in [0.15, 0.2) is 11.7 Å². The van der Waals surface area contributed by atoms with Crippen LogP contribution >= 0.6 is 0 Å². The molecule has 6 heteroatoms. The molecule has 0 amide bonds. The summed E-state index contributed by atoms with van der Waals surface area (Å²) in [5.41, 5.74) is 9.04. The van der Waals surface area contributed by atoms with E-state index in [-0.39, 0.29) is 11.8 Å². The highest BCUT2D eigenvalue weighted by Gasteiger charge is 2.36. The fraction of sp³-hybridized carbons (Fsp3) is 0.250. The first-order valence-corrected chi connectivity index (χ1v) is 8.59. The van der Waals surface area contributed by atoms with Gasteiger partial charge in [-0.1, -0.05) is 42.5 Å². The number of hydrogen-bond donors (Lipinski definition) is 2. The second kappa shape index (κ2) is 6.71. The molecule has 6 nitrogen and oxygen atoms in total. The first-order valence-electron chi connectivity index (χ1n) is 8.59. The number of ketones is 1. The predicted molar refractivity (Wildman–Crippen MR) is 97.9 cm³/mol. The summed E-state index contributed by atoms with van der Waals surface area (Å²) in [6.07, 6.45) is 0.602. The zero-order valence-electron chi connectivity index (χ0n) is 14.4. The van der Waals surface area contributed by atoms with Crippen molar-refractivity contribution in [3.63, 3.8) is 0 Å². The molecule has 2 heterocycles. The Labute approximate surface area is 151 Å². The lowest BCUT2D eigenvalue weighted by atomic mass is 9.93. The van der Waals surface area contributed by atoms with Gasteiger partial charge in [0, 0.05) is 13.1 Å². The minimum Gasteiger partial charge on any atom is -0.330 e. The van der Waals surface area contributed by atoms with Gasteiger partial charge in [-0.05, 0) is 24.1 Å². The van der Waals surface area contributed by atoms with Crippen LogP contribution in [-0.4, -0.2) is 21.4 Å². The Balaban J connectivity index is 1.58. The zero-order valence-corrected chi connectivity index (χ0v) is 14.4. The molecule has 1 aliphatic heterocycles. The van der Waals surface area contributed by atoms with E-state index in [4.69, 9.17) is 0 Å². The van der Waals surface area contributed by atoms with Crippen LogP contribution in [0.1, 0.15) is 29.8 Å². The van der Waals surface area contributed by atoms with E-state index in [1.807, 2.05) is 66.2 Å². The summed E-state index contributed by atoms with van der Waals surface area (Å²) >= 11 is 0. The molecular formula is C20H19N5O. The molecule has 130 valence electrons. The molecule has 0 saturated carbocycles. The molecule has 0 bridgehead atoms. The highest BCUT2D eigenvalue weighted by atomic mass is 16.1. The molecule has 26 heavy (non-hydrogen) atoms. The Hall–Kier alpha value is -3.01. The van der Waals surface area contributed by atoms with Crippen molar-refractivity contribution in [2.75, 3.05) is 0 Å². The van der Waals surface area contributed by atoms with Crippen molar-refractivity contribution in [1.82, 2.24) is 20.4 Å². The van der Waals surface area contributed by atoms with Crippen LogP contribution in [0.3, 0.4) is 0 Å². The van der Waals surface area contributed by atoms with Crippen LogP contribution in [0.15, 0.2) is 54.6 Å². The number of rotatable bonds is 4. The Kier molecular flexibility index (Phi) is 4.25. The molecular weight excluding hydrogens is 326 g/mol. The van der Waals surface area contributed by atoms with Crippen LogP contribution < -0.4 is 10.9 Å². The van der Waals surface area contributed by atoms with Gasteiger partial charge in [0.05, 0.1) is 23.1 Å². The van der Waals surface area contributed by atoms with Gasteiger partial charge in [-0.15, -0.1) is 0 Å². The summed E-state index contributed by atoms with van der Waals surface area (Å²) in [7, 11) is 1.84. The molecule has 1 saturated heterocycles. The summed E-state index contributed by atoms with van der Waals surface area (Å²) in [5, 5.41) is 9.67. The smallest absolute Gasteiger partial charge is 0.175 e. The number of imidazole rings is 1. The van der Waals surface area contributed by atoms with Gasteiger partial charge < -0.3 is 4.57 Å². The van der Waals surface area contributed by atoms with Crippen molar-refractivity contribution < 1.29 is 4.79 Å². The number of Topliss-reactive ketones (excluding diaryl/α,β-unsaturated/α-hetero) is 1. The molecule has 2 N–H and O–H groups in total. The van der Waals surface area contributed by atoms with E-state index in [2.05, 4.69) is 21.9 Å². The lowest BCUT2D eigenvalue weighted by Gasteiger charge is -2.13. The number of aromatic nitrogens is 2. The number of carbonyl (C=O) groups excluding carboxylic acids is 1.